The highest BCUT2D eigenvalue weighted by molar-refractivity contribution is 5.89. The van der Waals surface area contributed by atoms with Gasteiger partial charge in [0.25, 0.3) is 0 Å². The summed E-state index contributed by atoms with van der Waals surface area (Å²) in [7, 11) is 6.59. The third kappa shape index (κ3) is 4.65. The average Bonchev–Trinajstić information content (AvgIpc) is 3.09. The van der Waals surface area contributed by atoms with Gasteiger partial charge in [0.1, 0.15) is 12.4 Å². The molecule has 9 heteroatoms. The zero-order valence-electron chi connectivity index (χ0n) is 20.0. The van der Waals surface area contributed by atoms with E-state index in [-0.39, 0.29) is 17.9 Å². The summed E-state index contributed by atoms with van der Waals surface area (Å²) in [6.07, 6.45) is 0. The van der Waals surface area contributed by atoms with Crippen LogP contribution in [0.3, 0.4) is 0 Å². The Kier molecular flexibility index (Phi) is 6.68. The summed E-state index contributed by atoms with van der Waals surface area (Å²) in [5.74, 6) is 0.651. The van der Waals surface area contributed by atoms with Crippen molar-refractivity contribution in [2.45, 2.75) is 13.2 Å². The van der Waals surface area contributed by atoms with Crippen molar-refractivity contribution >= 4 is 22.7 Å². The standard InChI is InChI=1S/C26H27N3O6/c1-28-20-10-8-16(12-21(20)29(2)26(28)32)15-35-24-18(6-5-7-23(24)34-4)14-27-19-13-17(25(30)31)9-11-22(19)33-3/h5-13,27H,14-15H2,1-4H3,(H,30,31). The minimum atomic E-state index is -1.02. The van der Waals surface area contributed by atoms with Gasteiger partial charge in [-0.05, 0) is 42.0 Å². The van der Waals surface area contributed by atoms with Crippen LogP contribution in [0.4, 0.5) is 5.69 Å². The molecule has 4 aromatic rings. The number of para-hydroxylation sites is 1. The molecular weight excluding hydrogens is 450 g/mol. The molecule has 0 saturated heterocycles. The predicted octanol–water partition coefficient (Wildman–Crippen LogP) is 3.78. The third-order valence-electron chi connectivity index (χ3n) is 5.92. The average molecular weight is 478 g/mol. The predicted molar refractivity (Wildman–Crippen MR) is 133 cm³/mol. The molecule has 0 aliphatic rings. The van der Waals surface area contributed by atoms with Gasteiger partial charge in [-0.25, -0.2) is 9.59 Å². The van der Waals surface area contributed by atoms with Crippen LogP contribution < -0.4 is 25.2 Å². The first kappa shape index (κ1) is 23.7. The van der Waals surface area contributed by atoms with Crippen LogP contribution in [0.25, 0.3) is 11.0 Å². The molecule has 35 heavy (non-hydrogen) atoms. The smallest absolute Gasteiger partial charge is 0.335 e. The molecule has 2 N–H and O–H groups in total. The van der Waals surface area contributed by atoms with Crippen LogP contribution in [-0.2, 0) is 27.2 Å². The molecule has 0 aliphatic heterocycles. The van der Waals surface area contributed by atoms with E-state index < -0.39 is 5.97 Å². The topological polar surface area (TPSA) is 104 Å². The van der Waals surface area contributed by atoms with E-state index in [4.69, 9.17) is 14.2 Å². The fourth-order valence-corrected chi connectivity index (χ4v) is 3.99. The van der Waals surface area contributed by atoms with Crippen molar-refractivity contribution in [1.82, 2.24) is 9.13 Å². The number of imidazole rings is 1. The van der Waals surface area contributed by atoms with Crippen LogP contribution in [0.15, 0.2) is 59.4 Å². The molecule has 9 nitrogen and oxygen atoms in total. The number of methoxy groups -OCH3 is 2. The maximum atomic E-state index is 12.2. The largest absolute Gasteiger partial charge is 0.495 e. The molecule has 0 aliphatic carbocycles. The Morgan fingerprint density at radius 2 is 1.69 bits per heavy atom. The van der Waals surface area contributed by atoms with Gasteiger partial charge in [-0.1, -0.05) is 18.2 Å². The first-order chi connectivity index (χ1) is 16.8. The van der Waals surface area contributed by atoms with Crippen molar-refractivity contribution in [2.75, 3.05) is 19.5 Å². The second-order valence-corrected chi connectivity index (χ2v) is 8.03. The Balaban J connectivity index is 1.59. The molecule has 0 fully saturated rings. The summed E-state index contributed by atoms with van der Waals surface area (Å²) in [5, 5.41) is 12.6. The van der Waals surface area contributed by atoms with Gasteiger partial charge in [0.05, 0.1) is 36.5 Å². The quantitative estimate of drug-likeness (QED) is 0.378. The first-order valence-corrected chi connectivity index (χ1v) is 10.9. The molecule has 0 radical (unpaired) electrons. The zero-order chi connectivity index (χ0) is 25.1. The number of nitrogens with one attached hydrogen (secondary N) is 1. The highest BCUT2D eigenvalue weighted by Gasteiger charge is 2.14. The lowest BCUT2D eigenvalue weighted by Crippen LogP contribution is -2.19. The van der Waals surface area contributed by atoms with Gasteiger partial charge in [0.2, 0.25) is 0 Å². The molecule has 0 bridgehead atoms. The van der Waals surface area contributed by atoms with Gasteiger partial charge >= 0.3 is 11.7 Å². The van der Waals surface area contributed by atoms with Crippen molar-refractivity contribution in [2.24, 2.45) is 14.1 Å². The second-order valence-electron chi connectivity index (χ2n) is 8.03. The summed E-state index contributed by atoms with van der Waals surface area (Å²) < 4.78 is 20.3. The van der Waals surface area contributed by atoms with Crippen molar-refractivity contribution in [3.05, 3.63) is 81.8 Å². The van der Waals surface area contributed by atoms with E-state index in [0.29, 0.717) is 29.5 Å². The van der Waals surface area contributed by atoms with E-state index in [1.807, 2.05) is 36.4 Å². The molecule has 0 amide bonds. The van der Waals surface area contributed by atoms with Crippen LogP contribution in [0.5, 0.6) is 17.2 Å². The fourth-order valence-electron chi connectivity index (χ4n) is 3.99. The minimum absolute atomic E-state index is 0.0847. The molecular formula is C26H27N3O6. The van der Waals surface area contributed by atoms with Gasteiger partial charge < -0.3 is 24.6 Å². The van der Waals surface area contributed by atoms with E-state index in [0.717, 1.165) is 22.2 Å². The Morgan fingerprint density at radius 1 is 0.943 bits per heavy atom. The maximum Gasteiger partial charge on any atom is 0.335 e. The SMILES string of the molecule is COc1ccc(C(=O)O)cc1NCc1cccc(OC)c1OCc1ccc2c(c1)n(C)c(=O)n2C. The number of hydrogen-bond acceptors (Lipinski definition) is 6. The Hall–Kier alpha value is -4.40. The minimum Gasteiger partial charge on any atom is -0.495 e. The summed E-state index contributed by atoms with van der Waals surface area (Å²) >= 11 is 0. The second kappa shape index (κ2) is 9.84. The molecule has 0 saturated carbocycles. The number of rotatable bonds is 9. The third-order valence-corrected chi connectivity index (χ3v) is 5.92. The van der Waals surface area contributed by atoms with Crippen molar-refractivity contribution in [3.8, 4) is 17.2 Å². The van der Waals surface area contributed by atoms with Crippen LogP contribution in [0.2, 0.25) is 0 Å². The van der Waals surface area contributed by atoms with E-state index in [1.54, 1.807) is 36.4 Å². The number of benzene rings is 3. The number of nitrogens with zero attached hydrogens (tertiary/aromatic N) is 2. The first-order valence-electron chi connectivity index (χ1n) is 10.9. The summed E-state index contributed by atoms with van der Waals surface area (Å²) in [6.45, 7) is 0.613. The number of anilines is 1. The van der Waals surface area contributed by atoms with Crippen molar-refractivity contribution in [3.63, 3.8) is 0 Å². The maximum absolute atomic E-state index is 12.2. The monoisotopic (exact) mass is 477 g/mol. The van der Waals surface area contributed by atoms with Crippen LogP contribution in [0, 0.1) is 0 Å². The van der Waals surface area contributed by atoms with Crippen LogP contribution in [-0.4, -0.2) is 34.4 Å². The molecule has 182 valence electrons. The van der Waals surface area contributed by atoms with Gasteiger partial charge in [0, 0.05) is 26.2 Å². The van der Waals surface area contributed by atoms with E-state index in [2.05, 4.69) is 5.32 Å². The number of aryl methyl sites for hydroxylation is 2. The van der Waals surface area contributed by atoms with E-state index >= 15 is 0 Å². The Morgan fingerprint density at radius 3 is 2.40 bits per heavy atom. The zero-order valence-corrected chi connectivity index (χ0v) is 20.0. The van der Waals surface area contributed by atoms with Gasteiger partial charge in [-0.2, -0.15) is 0 Å². The highest BCUT2D eigenvalue weighted by Crippen LogP contribution is 2.34. The number of ether oxygens (including phenoxy) is 3. The molecule has 0 atom stereocenters. The van der Waals surface area contributed by atoms with Gasteiger partial charge in [-0.15, -0.1) is 0 Å². The normalized spacial score (nSPS) is 10.9. The number of aromatic nitrogens is 2. The summed E-state index contributed by atoms with van der Waals surface area (Å²) in [4.78, 5) is 23.6. The Labute approximate surface area is 202 Å². The molecule has 1 aromatic heterocycles. The van der Waals surface area contributed by atoms with Crippen molar-refractivity contribution < 1.29 is 24.1 Å². The lowest BCUT2D eigenvalue weighted by Gasteiger charge is -2.17. The fraction of sp³-hybridized carbons (Fsp3) is 0.231. The lowest BCUT2D eigenvalue weighted by molar-refractivity contribution is 0.0697. The number of hydrogen-bond donors (Lipinski definition) is 2. The Bertz CT molecular complexity index is 1450. The van der Waals surface area contributed by atoms with Gasteiger partial charge in [0.15, 0.2) is 11.5 Å². The molecule has 3 aromatic carbocycles. The molecule has 0 spiro atoms. The van der Waals surface area contributed by atoms with E-state index in [1.165, 1.54) is 19.2 Å². The van der Waals surface area contributed by atoms with Crippen LogP contribution >= 0.6 is 0 Å². The lowest BCUT2D eigenvalue weighted by atomic mass is 10.1. The van der Waals surface area contributed by atoms with Gasteiger partial charge in [-0.3, -0.25) is 9.13 Å². The number of carboxylic acid groups (broad SMARTS) is 1. The summed E-state index contributed by atoms with van der Waals surface area (Å²) in [6, 6.07) is 16.0. The molecule has 0 unspecified atom stereocenters. The number of fused-ring (bicyclic) bond motifs is 1. The summed E-state index contributed by atoms with van der Waals surface area (Å²) in [5.41, 5.74) is 4.02. The van der Waals surface area contributed by atoms with Crippen LogP contribution in [0.1, 0.15) is 21.5 Å². The van der Waals surface area contributed by atoms with E-state index in [9.17, 15) is 14.7 Å². The van der Waals surface area contributed by atoms with Crippen molar-refractivity contribution in [1.29, 1.82) is 0 Å². The number of carbonyl (C=O) groups is 1. The number of aromatic carboxylic acids is 1. The highest BCUT2D eigenvalue weighted by atomic mass is 16.5. The molecule has 1 heterocycles. The number of carboxylic acids is 1. The molecule has 4 rings (SSSR count).